The normalized spacial score (nSPS) is 11.2. The van der Waals surface area contributed by atoms with Gasteiger partial charge in [0.2, 0.25) is 5.91 Å². The van der Waals surface area contributed by atoms with Crippen molar-refractivity contribution >= 4 is 16.9 Å². The fourth-order valence-electron chi connectivity index (χ4n) is 5.69. The standard InChI is InChI=1S/C37H41N3O/c1-26-23-27(2)29(4)33(28(26)3)25-40-35-16-11-10-15-34(35)39-36(40)17-9-6-12-22-38-37(41)24-30-18-20-32(21-19-30)31-13-7-5-8-14-31/h5,7-8,10-11,13-16,18-21,23H,6,9,12,17,22,24-25H2,1-4H3,(H,38,41). The van der Waals surface area contributed by atoms with Crippen molar-refractivity contribution in [3.8, 4) is 11.1 Å². The van der Waals surface area contributed by atoms with Crippen molar-refractivity contribution in [3.05, 3.63) is 124 Å². The third kappa shape index (κ3) is 6.77. The first-order valence-electron chi connectivity index (χ1n) is 14.8. The van der Waals surface area contributed by atoms with Gasteiger partial charge in [-0.2, -0.15) is 0 Å². The number of benzene rings is 4. The number of rotatable bonds is 11. The Labute approximate surface area is 244 Å². The molecular weight excluding hydrogens is 502 g/mol. The van der Waals surface area contributed by atoms with Crippen LogP contribution in [0.5, 0.6) is 0 Å². The third-order valence-electron chi connectivity index (χ3n) is 8.40. The molecule has 4 nitrogen and oxygen atoms in total. The molecule has 4 aromatic carbocycles. The van der Waals surface area contributed by atoms with Crippen LogP contribution >= 0.6 is 0 Å². The van der Waals surface area contributed by atoms with Crippen molar-refractivity contribution < 1.29 is 4.79 Å². The van der Waals surface area contributed by atoms with Crippen LogP contribution in [0.2, 0.25) is 0 Å². The van der Waals surface area contributed by atoms with Crippen molar-refractivity contribution in [3.63, 3.8) is 0 Å². The van der Waals surface area contributed by atoms with Crippen molar-refractivity contribution in [2.75, 3.05) is 6.54 Å². The van der Waals surface area contributed by atoms with Crippen molar-refractivity contribution in [1.29, 1.82) is 0 Å². The fraction of sp³-hybridized carbons (Fsp3) is 0.297. The van der Waals surface area contributed by atoms with Gasteiger partial charge in [0.1, 0.15) is 5.82 Å². The van der Waals surface area contributed by atoms with E-state index in [1.54, 1.807) is 0 Å². The second-order valence-electron chi connectivity index (χ2n) is 11.2. The molecule has 0 spiro atoms. The number of nitrogens with zero attached hydrogens (tertiary/aromatic N) is 2. The molecule has 0 saturated heterocycles. The highest BCUT2D eigenvalue weighted by Crippen LogP contribution is 2.26. The average Bonchev–Trinajstić information content (AvgIpc) is 3.33. The Balaban J connectivity index is 1.13. The van der Waals surface area contributed by atoms with Crippen molar-refractivity contribution in [1.82, 2.24) is 14.9 Å². The van der Waals surface area contributed by atoms with Gasteiger partial charge >= 0.3 is 0 Å². The molecule has 0 radical (unpaired) electrons. The van der Waals surface area contributed by atoms with Crippen LogP contribution in [-0.2, 0) is 24.2 Å². The first-order chi connectivity index (χ1) is 19.9. The number of hydrogen-bond donors (Lipinski definition) is 1. The molecule has 210 valence electrons. The van der Waals surface area contributed by atoms with E-state index in [0.717, 1.165) is 49.1 Å². The maximum atomic E-state index is 12.5. The lowest BCUT2D eigenvalue weighted by Crippen LogP contribution is -2.26. The molecule has 1 aromatic heterocycles. The van der Waals surface area contributed by atoms with E-state index in [1.165, 1.54) is 44.5 Å². The minimum Gasteiger partial charge on any atom is -0.356 e. The molecule has 1 heterocycles. The lowest BCUT2D eigenvalue weighted by atomic mass is 9.94. The van der Waals surface area contributed by atoms with Gasteiger partial charge in [0, 0.05) is 19.5 Å². The largest absolute Gasteiger partial charge is 0.356 e. The van der Waals surface area contributed by atoms with E-state index in [0.29, 0.717) is 13.0 Å². The fourth-order valence-corrected chi connectivity index (χ4v) is 5.69. The molecule has 0 atom stereocenters. The van der Waals surface area contributed by atoms with Gasteiger partial charge < -0.3 is 9.88 Å². The highest BCUT2D eigenvalue weighted by atomic mass is 16.1. The summed E-state index contributed by atoms with van der Waals surface area (Å²) in [4.78, 5) is 17.5. The van der Waals surface area contributed by atoms with E-state index in [1.807, 2.05) is 18.2 Å². The third-order valence-corrected chi connectivity index (χ3v) is 8.40. The van der Waals surface area contributed by atoms with Gasteiger partial charge in [-0.15, -0.1) is 0 Å². The Bertz CT molecular complexity index is 1600. The topological polar surface area (TPSA) is 46.9 Å². The molecule has 41 heavy (non-hydrogen) atoms. The number of carbonyl (C=O) groups excluding carboxylic acids is 1. The number of aromatic nitrogens is 2. The van der Waals surface area contributed by atoms with E-state index >= 15 is 0 Å². The van der Waals surface area contributed by atoms with Crippen LogP contribution in [0.1, 0.15) is 58.5 Å². The maximum absolute atomic E-state index is 12.5. The van der Waals surface area contributed by atoms with Gasteiger partial charge in [0.15, 0.2) is 0 Å². The molecule has 0 unspecified atom stereocenters. The number of para-hydroxylation sites is 2. The first-order valence-corrected chi connectivity index (χ1v) is 14.8. The Morgan fingerprint density at radius 1 is 0.756 bits per heavy atom. The lowest BCUT2D eigenvalue weighted by Gasteiger charge is -2.18. The van der Waals surface area contributed by atoms with Crippen LogP contribution in [0.15, 0.2) is 84.9 Å². The number of aryl methyl sites for hydroxylation is 3. The summed E-state index contributed by atoms with van der Waals surface area (Å²) in [5.74, 6) is 1.23. The number of hydrogen-bond acceptors (Lipinski definition) is 2. The van der Waals surface area contributed by atoms with Crippen LogP contribution in [0.3, 0.4) is 0 Å². The van der Waals surface area contributed by atoms with E-state index in [4.69, 9.17) is 4.98 Å². The van der Waals surface area contributed by atoms with E-state index < -0.39 is 0 Å². The van der Waals surface area contributed by atoms with E-state index in [9.17, 15) is 4.79 Å². The summed E-state index contributed by atoms with van der Waals surface area (Å²) < 4.78 is 2.41. The summed E-state index contributed by atoms with van der Waals surface area (Å²) in [6.45, 7) is 10.4. The number of fused-ring (bicyclic) bond motifs is 1. The molecule has 0 saturated carbocycles. The summed E-state index contributed by atoms with van der Waals surface area (Å²) in [5, 5.41) is 3.10. The number of amides is 1. The number of unbranched alkanes of at least 4 members (excludes halogenated alkanes) is 2. The van der Waals surface area contributed by atoms with E-state index in [-0.39, 0.29) is 5.91 Å². The predicted molar refractivity (Wildman–Crippen MR) is 170 cm³/mol. The lowest BCUT2D eigenvalue weighted by molar-refractivity contribution is -0.120. The zero-order chi connectivity index (χ0) is 28.8. The summed E-state index contributed by atoms with van der Waals surface area (Å²) in [6, 6.07) is 29.4. The molecular formula is C37H41N3O. The van der Waals surface area contributed by atoms with Gasteiger partial charge in [0.05, 0.1) is 17.5 Å². The van der Waals surface area contributed by atoms with E-state index in [2.05, 4.69) is 104 Å². The molecule has 4 heteroatoms. The Kier molecular flexibility index (Phi) is 8.98. The number of carbonyl (C=O) groups is 1. The summed E-state index contributed by atoms with van der Waals surface area (Å²) in [6.07, 6.45) is 4.41. The monoisotopic (exact) mass is 543 g/mol. The summed E-state index contributed by atoms with van der Waals surface area (Å²) in [7, 11) is 0. The summed E-state index contributed by atoms with van der Waals surface area (Å²) >= 11 is 0. The van der Waals surface area contributed by atoms with Gasteiger partial charge in [-0.25, -0.2) is 4.98 Å². The zero-order valence-electron chi connectivity index (χ0n) is 24.8. The van der Waals surface area contributed by atoms with Crippen LogP contribution in [0.4, 0.5) is 0 Å². The van der Waals surface area contributed by atoms with Gasteiger partial charge in [-0.05, 0) is 97.2 Å². The van der Waals surface area contributed by atoms with Crippen LogP contribution < -0.4 is 5.32 Å². The molecule has 5 aromatic rings. The highest BCUT2D eigenvalue weighted by molar-refractivity contribution is 5.79. The molecule has 0 fully saturated rings. The minimum absolute atomic E-state index is 0.0819. The van der Waals surface area contributed by atoms with Gasteiger partial charge in [-0.3, -0.25) is 4.79 Å². The molecule has 0 bridgehead atoms. The van der Waals surface area contributed by atoms with Crippen LogP contribution in [0, 0.1) is 27.7 Å². The van der Waals surface area contributed by atoms with Gasteiger partial charge in [0.25, 0.3) is 0 Å². The van der Waals surface area contributed by atoms with Crippen molar-refractivity contribution in [2.45, 2.75) is 66.3 Å². The van der Waals surface area contributed by atoms with Crippen LogP contribution in [-0.4, -0.2) is 22.0 Å². The highest BCUT2D eigenvalue weighted by Gasteiger charge is 2.15. The molecule has 0 aliphatic rings. The Morgan fingerprint density at radius 3 is 2.15 bits per heavy atom. The molecule has 1 amide bonds. The Hall–Kier alpha value is -4.18. The average molecular weight is 544 g/mol. The van der Waals surface area contributed by atoms with Gasteiger partial charge in [-0.1, -0.05) is 79.2 Å². The smallest absolute Gasteiger partial charge is 0.224 e. The second kappa shape index (κ2) is 13.0. The molecule has 1 N–H and O–H groups in total. The predicted octanol–water partition coefficient (Wildman–Crippen LogP) is 8.06. The number of imidazole rings is 1. The molecule has 5 rings (SSSR count). The number of nitrogens with one attached hydrogen (secondary N) is 1. The first kappa shape index (κ1) is 28.4. The second-order valence-corrected chi connectivity index (χ2v) is 11.2. The molecule has 0 aliphatic heterocycles. The zero-order valence-corrected chi connectivity index (χ0v) is 24.8. The van der Waals surface area contributed by atoms with Crippen molar-refractivity contribution in [2.24, 2.45) is 0 Å². The Morgan fingerprint density at radius 2 is 1.41 bits per heavy atom. The maximum Gasteiger partial charge on any atom is 0.224 e. The quantitative estimate of drug-likeness (QED) is 0.171. The molecule has 0 aliphatic carbocycles. The summed E-state index contributed by atoms with van der Waals surface area (Å²) in [5.41, 5.74) is 12.5. The minimum atomic E-state index is 0.0819. The SMILES string of the molecule is Cc1cc(C)c(C)c(Cn2c(CCCCCNC(=O)Cc3ccc(-c4ccccc4)cc3)nc3ccccc32)c1C. The van der Waals surface area contributed by atoms with Crippen LogP contribution in [0.25, 0.3) is 22.2 Å².